The molecule has 6 aromatic rings. The number of nitrogens with zero attached hydrogens (tertiary/aromatic N) is 4. The maximum Gasteiger partial charge on any atom is 0.137 e. The van der Waals surface area contributed by atoms with Gasteiger partial charge in [0.25, 0.3) is 0 Å². The minimum absolute atomic E-state index is 0.125. The van der Waals surface area contributed by atoms with Crippen LogP contribution in [0, 0.1) is 0 Å². The zero-order chi connectivity index (χ0) is 25.8. The minimum atomic E-state index is -0.125. The smallest absolute Gasteiger partial charge is 0.137 e. The van der Waals surface area contributed by atoms with Gasteiger partial charge in [-0.1, -0.05) is 91.0 Å². The number of aromatic nitrogens is 4. The van der Waals surface area contributed by atoms with Crippen LogP contribution in [0.15, 0.2) is 78.9 Å². The molecule has 186 valence electrons. The maximum atomic E-state index is 9.84. The van der Waals surface area contributed by atoms with Gasteiger partial charge in [0.15, 0.2) is 0 Å². The zero-order valence-corrected chi connectivity index (χ0v) is 21.5. The van der Waals surface area contributed by atoms with Gasteiger partial charge in [-0.15, -0.1) is 5.10 Å². The summed E-state index contributed by atoms with van der Waals surface area (Å²) in [6, 6.07) is 26.5. The molecule has 2 heterocycles. The highest BCUT2D eigenvalue weighted by atomic mass is 16.3. The fourth-order valence-corrected chi connectivity index (χ4v) is 6.21. The lowest BCUT2D eigenvalue weighted by molar-refractivity contribution is 0.271. The van der Waals surface area contributed by atoms with Crippen molar-refractivity contribution in [2.24, 2.45) is 7.05 Å². The van der Waals surface area contributed by atoms with Crippen molar-refractivity contribution in [1.29, 1.82) is 0 Å². The van der Waals surface area contributed by atoms with Crippen molar-refractivity contribution in [3.05, 3.63) is 107 Å². The highest BCUT2D eigenvalue weighted by Gasteiger charge is 2.25. The van der Waals surface area contributed by atoms with Crippen molar-refractivity contribution in [3.63, 3.8) is 0 Å². The Morgan fingerprint density at radius 1 is 0.868 bits per heavy atom. The van der Waals surface area contributed by atoms with E-state index < -0.39 is 0 Å². The molecule has 2 aromatic heterocycles. The Bertz CT molecular complexity index is 1900. The number of aliphatic hydroxyl groups is 1. The van der Waals surface area contributed by atoms with Gasteiger partial charge in [0, 0.05) is 18.7 Å². The average molecular weight is 497 g/mol. The zero-order valence-electron chi connectivity index (χ0n) is 21.5. The molecule has 7 rings (SSSR count). The Kier molecular flexibility index (Phi) is 5.34. The average Bonchev–Trinajstić information content (AvgIpc) is 3.36. The molecule has 0 radical (unpaired) electrons. The van der Waals surface area contributed by atoms with Gasteiger partial charge in [0.2, 0.25) is 0 Å². The fraction of sp³-hybridized carbons (Fsp3) is 0.182. The van der Waals surface area contributed by atoms with E-state index in [1.807, 2.05) is 6.07 Å². The van der Waals surface area contributed by atoms with Crippen molar-refractivity contribution in [1.82, 2.24) is 20.0 Å². The van der Waals surface area contributed by atoms with Gasteiger partial charge in [-0.2, -0.15) is 0 Å². The van der Waals surface area contributed by atoms with Crippen LogP contribution in [0.25, 0.3) is 49.8 Å². The van der Waals surface area contributed by atoms with Crippen LogP contribution < -0.4 is 0 Å². The summed E-state index contributed by atoms with van der Waals surface area (Å²) < 4.78 is 1.61. The molecular weight excluding hydrogens is 468 g/mol. The molecule has 1 unspecified atom stereocenters. The number of allylic oxidation sites excluding steroid dienone is 1. The van der Waals surface area contributed by atoms with Crippen LogP contribution in [0.3, 0.4) is 0 Å². The summed E-state index contributed by atoms with van der Waals surface area (Å²) in [5.41, 5.74) is 7.03. The van der Waals surface area contributed by atoms with Gasteiger partial charge >= 0.3 is 0 Å². The molecule has 0 saturated carbocycles. The van der Waals surface area contributed by atoms with Crippen LogP contribution in [-0.2, 0) is 20.1 Å². The highest BCUT2D eigenvalue weighted by Crippen LogP contribution is 2.43. The summed E-state index contributed by atoms with van der Waals surface area (Å²) in [4.78, 5) is 5.04. The number of aliphatic hydroxyl groups excluding tert-OH is 1. The first-order valence-electron chi connectivity index (χ1n) is 13.2. The normalized spacial score (nSPS) is 15.0. The van der Waals surface area contributed by atoms with Crippen molar-refractivity contribution < 1.29 is 5.11 Å². The van der Waals surface area contributed by atoms with Crippen molar-refractivity contribution >= 4 is 38.4 Å². The Hall–Kier alpha value is -4.35. The highest BCUT2D eigenvalue weighted by molar-refractivity contribution is 6.18. The van der Waals surface area contributed by atoms with Crippen LogP contribution in [0.4, 0.5) is 0 Å². The molecular formula is C33H28N4O. The summed E-state index contributed by atoms with van der Waals surface area (Å²) in [5.74, 6) is 0.215. The third-order valence-electron chi connectivity index (χ3n) is 8.07. The second-order valence-corrected chi connectivity index (χ2v) is 10.1. The molecule has 0 fully saturated rings. The molecule has 1 N–H and O–H groups in total. The molecule has 0 amide bonds. The first-order chi connectivity index (χ1) is 18.7. The molecule has 38 heavy (non-hydrogen) atoms. The molecule has 0 spiro atoms. The number of rotatable bonds is 4. The fourth-order valence-electron chi connectivity index (χ4n) is 6.21. The summed E-state index contributed by atoms with van der Waals surface area (Å²) in [6.07, 6.45) is 6.29. The molecule has 5 nitrogen and oxygen atoms in total. The molecule has 4 aromatic carbocycles. The van der Waals surface area contributed by atoms with Crippen LogP contribution >= 0.6 is 0 Å². The standard InChI is InChI=1S/C33H28N4O/c1-3-29-26(17-18-30(34-29)33-31(19-38)37(2)36-35-33)27-10-6-8-21-12-14-25-24-13-11-20-7-4-5-9-22(20)23(24)15-16-28(25)32(21)27/h4-9,11-18,27,38H,3,10,19H2,1-2H3. The Morgan fingerprint density at radius 2 is 1.63 bits per heavy atom. The van der Waals surface area contributed by atoms with E-state index in [1.54, 1.807) is 11.7 Å². The van der Waals surface area contributed by atoms with Gasteiger partial charge in [-0.05, 0) is 67.9 Å². The Labute approximate surface area is 221 Å². The number of fused-ring (bicyclic) bond motifs is 7. The minimum Gasteiger partial charge on any atom is -0.390 e. The van der Waals surface area contributed by atoms with Gasteiger partial charge in [0.1, 0.15) is 5.69 Å². The first-order valence-corrected chi connectivity index (χ1v) is 13.2. The lowest BCUT2D eigenvalue weighted by Gasteiger charge is -2.26. The van der Waals surface area contributed by atoms with Gasteiger partial charge < -0.3 is 5.11 Å². The van der Waals surface area contributed by atoms with Crippen molar-refractivity contribution in [2.75, 3.05) is 0 Å². The van der Waals surface area contributed by atoms with Crippen molar-refractivity contribution in [2.45, 2.75) is 32.3 Å². The summed E-state index contributed by atoms with van der Waals surface area (Å²) in [6.45, 7) is 2.03. The Morgan fingerprint density at radius 3 is 2.50 bits per heavy atom. The predicted octanol–water partition coefficient (Wildman–Crippen LogP) is 6.94. The topological polar surface area (TPSA) is 63.8 Å². The van der Waals surface area contributed by atoms with Gasteiger partial charge in [0.05, 0.1) is 18.0 Å². The molecule has 1 aliphatic rings. The third kappa shape index (κ3) is 3.39. The number of hydrogen-bond acceptors (Lipinski definition) is 4. The van der Waals surface area contributed by atoms with Crippen LogP contribution in [0.5, 0.6) is 0 Å². The van der Waals surface area contributed by atoms with Crippen LogP contribution in [-0.4, -0.2) is 25.1 Å². The van der Waals surface area contributed by atoms with Gasteiger partial charge in [-0.3, -0.25) is 4.98 Å². The maximum absolute atomic E-state index is 9.84. The molecule has 0 aliphatic heterocycles. The quantitative estimate of drug-likeness (QED) is 0.269. The second kappa shape index (κ2) is 8.89. The van der Waals surface area contributed by atoms with E-state index in [1.165, 1.54) is 49.0 Å². The van der Waals surface area contributed by atoms with Crippen LogP contribution in [0.2, 0.25) is 0 Å². The van der Waals surface area contributed by atoms with Crippen molar-refractivity contribution in [3.8, 4) is 11.4 Å². The molecule has 1 atom stereocenters. The van der Waals surface area contributed by atoms with Crippen LogP contribution in [0.1, 0.15) is 47.3 Å². The molecule has 5 heteroatoms. The van der Waals surface area contributed by atoms with E-state index >= 15 is 0 Å². The van der Waals surface area contributed by atoms with Gasteiger partial charge in [-0.25, -0.2) is 4.68 Å². The predicted molar refractivity (Wildman–Crippen MR) is 154 cm³/mol. The SMILES string of the molecule is CCc1nc(-c2nnn(C)c2CO)ccc1C1CC=Cc2ccc3c(ccc4c5ccccc5ccc34)c21. The summed E-state index contributed by atoms with van der Waals surface area (Å²) in [7, 11) is 1.79. The third-order valence-corrected chi connectivity index (χ3v) is 8.07. The number of hydrogen-bond donors (Lipinski definition) is 1. The summed E-state index contributed by atoms with van der Waals surface area (Å²) in [5, 5.41) is 26.0. The lowest BCUT2D eigenvalue weighted by atomic mass is 9.78. The van der Waals surface area contributed by atoms with E-state index in [9.17, 15) is 5.11 Å². The van der Waals surface area contributed by atoms with E-state index in [4.69, 9.17) is 4.98 Å². The molecule has 1 aliphatic carbocycles. The van der Waals surface area contributed by atoms with E-state index in [-0.39, 0.29) is 12.5 Å². The van der Waals surface area contributed by atoms with E-state index in [2.05, 4.69) is 96.1 Å². The van der Waals surface area contributed by atoms with E-state index in [0.29, 0.717) is 11.4 Å². The number of aryl methyl sites for hydroxylation is 2. The summed E-state index contributed by atoms with van der Waals surface area (Å²) >= 11 is 0. The number of benzene rings is 4. The second-order valence-electron chi connectivity index (χ2n) is 10.1. The molecule has 0 bridgehead atoms. The monoisotopic (exact) mass is 496 g/mol. The number of pyridine rings is 1. The lowest BCUT2D eigenvalue weighted by Crippen LogP contribution is -2.11. The van der Waals surface area contributed by atoms with E-state index in [0.717, 1.165) is 24.2 Å². The molecule has 0 saturated heterocycles. The first kappa shape index (κ1) is 22.8. The Balaban J connectivity index is 1.42. The largest absolute Gasteiger partial charge is 0.390 e.